The molecule has 0 spiro atoms. The molecule has 0 aromatic heterocycles. The average molecular weight is 319 g/mol. The molecule has 0 atom stereocenters. The van der Waals surface area contributed by atoms with E-state index in [4.69, 9.17) is 5.11 Å². The number of hydrogen-bond acceptors (Lipinski definition) is 2. The minimum absolute atomic E-state index is 0.201. The number of aliphatic carboxylic acids is 1. The largest absolute Gasteiger partial charge is 0.481 e. The first kappa shape index (κ1) is 15.5. The lowest BCUT2D eigenvalue weighted by molar-refractivity contribution is -0.142. The van der Waals surface area contributed by atoms with Gasteiger partial charge in [-0.15, -0.1) is 0 Å². The van der Waals surface area contributed by atoms with Crippen LogP contribution in [0.5, 0.6) is 0 Å². The molecule has 0 saturated heterocycles. The maximum atomic E-state index is 12.6. The number of carboxylic acids is 1. The SMILES string of the molecule is O=C(CC12CC3CC(CC(C3)C1)C2)NC1CCC(C(=O)O)CC1. The molecule has 0 unspecified atom stereocenters. The van der Waals surface area contributed by atoms with Gasteiger partial charge in [-0.3, -0.25) is 9.59 Å². The van der Waals surface area contributed by atoms with Gasteiger partial charge in [0.1, 0.15) is 0 Å². The molecule has 23 heavy (non-hydrogen) atoms. The van der Waals surface area contributed by atoms with Crippen molar-refractivity contribution in [3.05, 3.63) is 0 Å². The Morgan fingerprint density at radius 3 is 1.91 bits per heavy atom. The van der Waals surface area contributed by atoms with Crippen LogP contribution in [0.25, 0.3) is 0 Å². The van der Waals surface area contributed by atoms with Gasteiger partial charge in [-0.05, 0) is 87.4 Å². The number of rotatable bonds is 4. The Kier molecular flexibility index (Phi) is 3.89. The minimum atomic E-state index is -0.677. The van der Waals surface area contributed by atoms with E-state index >= 15 is 0 Å². The molecule has 2 N–H and O–H groups in total. The van der Waals surface area contributed by atoms with Gasteiger partial charge >= 0.3 is 5.97 Å². The van der Waals surface area contributed by atoms with Crippen molar-refractivity contribution in [2.45, 2.75) is 76.7 Å². The van der Waals surface area contributed by atoms with Crippen LogP contribution < -0.4 is 5.32 Å². The Labute approximate surface area is 138 Å². The van der Waals surface area contributed by atoms with Crippen LogP contribution in [-0.4, -0.2) is 23.0 Å². The second-order valence-electron chi connectivity index (χ2n) is 9.05. The fourth-order valence-electron chi connectivity index (χ4n) is 6.61. The molecule has 0 aromatic carbocycles. The van der Waals surface area contributed by atoms with E-state index in [-0.39, 0.29) is 17.9 Å². The first-order chi connectivity index (χ1) is 11.0. The van der Waals surface area contributed by atoms with Gasteiger partial charge in [-0.25, -0.2) is 0 Å². The average Bonchev–Trinajstić information content (AvgIpc) is 2.45. The predicted molar refractivity (Wildman–Crippen MR) is 86.7 cm³/mol. The predicted octanol–water partition coefficient (Wildman–Crippen LogP) is 3.35. The van der Waals surface area contributed by atoms with Crippen LogP contribution in [0.15, 0.2) is 0 Å². The number of carbonyl (C=O) groups excluding carboxylic acids is 1. The summed E-state index contributed by atoms with van der Waals surface area (Å²) in [7, 11) is 0. The molecular weight excluding hydrogens is 290 g/mol. The molecule has 0 heterocycles. The monoisotopic (exact) mass is 319 g/mol. The Balaban J connectivity index is 1.30. The number of nitrogens with one attached hydrogen (secondary N) is 1. The van der Waals surface area contributed by atoms with Gasteiger partial charge in [-0.1, -0.05) is 0 Å². The fourth-order valence-corrected chi connectivity index (χ4v) is 6.61. The molecule has 5 saturated carbocycles. The summed E-state index contributed by atoms with van der Waals surface area (Å²) >= 11 is 0. The molecular formula is C19H29NO3. The zero-order valence-corrected chi connectivity index (χ0v) is 13.9. The molecule has 5 rings (SSSR count). The van der Waals surface area contributed by atoms with Crippen molar-refractivity contribution >= 4 is 11.9 Å². The van der Waals surface area contributed by atoms with E-state index in [0.717, 1.165) is 37.0 Å². The van der Waals surface area contributed by atoms with Crippen LogP contribution in [0.4, 0.5) is 0 Å². The lowest BCUT2D eigenvalue weighted by Gasteiger charge is -2.56. The minimum Gasteiger partial charge on any atom is -0.481 e. The maximum Gasteiger partial charge on any atom is 0.306 e. The summed E-state index contributed by atoms with van der Waals surface area (Å²) in [6.07, 6.45) is 11.9. The quantitative estimate of drug-likeness (QED) is 0.835. The number of carboxylic acid groups (broad SMARTS) is 1. The Morgan fingerprint density at radius 1 is 0.913 bits per heavy atom. The third-order valence-electron chi connectivity index (χ3n) is 7.14. The van der Waals surface area contributed by atoms with Crippen LogP contribution in [0.3, 0.4) is 0 Å². The van der Waals surface area contributed by atoms with Crippen LogP contribution >= 0.6 is 0 Å². The van der Waals surface area contributed by atoms with E-state index in [1.165, 1.54) is 38.5 Å². The number of amides is 1. The Bertz CT molecular complexity index is 458. The van der Waals surface area contributed by atoms with Crippen LogP contribution in [0.2, 0.25) is 0 Å². The lowest BCUT2D eigenvalue weighted by atomic mass is 9.49. The summed E-state index contributed by atoms with van der Waals surface area (Å²) in [6.45, 7) is 0. The lowest BCUT2D eigenvalue weighted by Crippen LogP contribution is -2.49. The maximum absolute atomic E-state index is 12.6. The van der Waals surface area contributed by atoms with Crippen molar-refractivity contribution in [3.8, 4) is 0 Å². The highest BCUT2D eigenvalue weighted by molar-refractivity contribution is 5.77. The first-order valence-electron chi connectivity index (χ1n) is 9.53. The molecule has 4 bridgehead atoms. The van der Waals surface area contributed by atoms with Crippen molar-refractivity contribution in [1.29, 1.82) is 0 Å². The highest BCUT2D eigenvalue weighted by atomic mass is 16.4. The van der Waals surface area contributed by atoms with E-state index in [2.05, 4.69) is 5.32 Å². The number of carbonyl (C=O) groups is 2. The second-order valence-corrected chi connectivity index (χ2v) is 9.05. The molecule has 1 amide bonds. The van der Waals surface area contributed by atoms with Crippen molar-refractivity contribution in [1.82, 2.24) is 5.32 Å². The van der Waals surface area contributed by atoms with E-state index in [1.54, 1.807) is 0 Å². The third kappa shape index (κ3) is 3.14. The van der Waals surface area contributed by atoms with Gasteiger partial charge in [0.15, 0.2) is 0 Å². The summed E-state index contributed by atoms with van der Waals surface area (Å²) in [5, 5.41) is 12.3. The second kappa shape index (κ2) is 5.78. The zero-order chi connectivity index (χ0) is 16.0. The Hall–Kier alpha value is -1.06. The van der Waals surface area contributed by atoms with Crippen molar-refractivity contribution in [3.63, 3.8) is 0 Å². The van der Waals surface area contributed by atoms with Gasteiger partial charge in [-0.2, -0.15) is 0 Å². The van der Waals surface area contributed by atoms with E-state index < -0.39 is 5.97 Å². The molecule has 4 heteroatoms. The molecule has 0 aromatic rings. The van der Waals surface area contributed by atoms with Gasteiger partial charge in [0, 0.05) is 12.5 Å². The van der Waals surface area contributed by atoms with E-state index in [0.29, 0.717) is 18.3 Å². The van der Waals surface area contributed by atoms with Crippen molar-refractivity contribution < 1.29 is 14.7 Å². The van der Waals surface area contributed by atoms with Gasteiger partial charge < -0.3 is 10.4 Å². The first-order valence-corrected chi connectivity index (χ1v) is 9.53. The molecule has 5 fully saturated rings. The fraction of sp³-hybridized carbons (Fsp3) is 0.895. The molecule has 5 aliphatic carbocycles. The molecule has 0 radical (unpaired) electrons. The summed E-state index contributed by atoms with van der Waals surface area (Å²) < 4.78 is 0. The summed E-state index contributed by atoms with van der Waals surface area (Å²) in [6, 6.07) is 0.201. The third-order valence-corrected chi connectivity index (χ3v) is 7.14. The summed E-state index contributed by atoms with van der Waals surface area (Å²) in [5.41, 5.74) is 0.303. The molecule has 0 aliphatic heterocycles. The molecule has 128 valence electrons. The van der Waals surface area contributed by atoms with Gasteiger partial charge in [0.2, 0.25) is 5.91 Å². The highest BCUT2D eigenvalue weighted by Gasteiger charge is 2.51. The van der Waals surface area contributed by atoms with Crippen LogP contribution in [-0.2, 0) is 9.59 Å². The summed E-state index contributed by atoms with van der Waals surface area (Å²) in [5.74, 6) is 2.01. The summed E-state index contributed by atoms with van der Waals surface area (Å²) in [4.78, 5) is 23.6. The van der Waals surface area contributed by atoms with E-state index in [1.807, 2.05) is 0 Å². The highest BCUT2D eigenvalue weighted by Crippen LogP contribution is 2.61. The molecule has 5 aliphatic rings. The normalized spacial score (nSPS) is 45.0. The van der Waals surface area contributed by atoms with Gasteiger partial charge in [0.25, 0.3) is 0 Å². The Morgan fingerprint density at radius 2 is 1.43 bits per heavy atom. The van der Waals surface area contributed by atoms with Crippen molar-refractivity contribution in [2.24, 2.45) is 29.1 Å². The van der Waals surface area contributed by atoms with Gasteiger partial charge in [0.05, 0.1) is 5.92 Å². The standard InChI is InChI=1S/C19H29NO3/c21-17(20-16-3-1-15(2-4-16)18(22)23)11-19-8-12-5-13(9-19)7-14(6-12)10-19/h12-16H,1-11H2,(H,20,21)(H,22,23). The molecule has 4 nitrogen and oxygen atoms in total. The topological polar surface area (TPSA) is 66.4 Å². The van der Waals surface area contributed by atoms with Crippen LogP contribution in [0, 0.1) is 29.1 Å². The van der Waals surface area contributed by atoms with E-state index in [9.17, 15) is 9.59 Å². The van der Waals surface area contributed by atoms with Crippen LogP contribution in [0.1, 0.15) is 70.6 Å². The zero-order valence-electron chi connectivity index (χ0n) is 13.9. The van der Waals surface area contributed by atoms with Crippen molar-refractivity contribution in [2.75, 3.05) is 0 Å². The number of hydrogen-bond donors (Lipinski definition) is 2. The smallest absolute Gasteiger partial charge is 0.306 e.